The van der Waals surface area contributed by atoms with E-state index in [9.17, 15) is 4.39 Å². The van der Waals surface area contributed by atoms with E-state index in [1.807, 2.05) is 36.5 Å². The Labute approximate surface area is 127 Å². The predicted molar refractivity (Wildman–Crippen MR) is 85.8 cm³/mol. The van der Waals surface area contributed by atoms with Gasteiger partial charge in [-0.15, -0.1) is 11.8 Å². The minimum Gasteiger partial charge on any atom is -0.323 e. The third-order valence-electron chi connectivity index (χ3n) is 3.27. The zero-order valence-electron chi connectivity index (χ0n) is 11.4. The molecule has 0 saturated heterocycles. The number of para-hydroxylation sites is 1. The second kappa shape index (κ2) is 6.24. The molecule has 1 atom stereocenters. The molecule has 4 heteroatoms. The molecule has 21 heavy (non-hydrogen) atoms. The third-order valence-corrected chi connectivity index (χ3v) is 4.38. The highest BCUT2D eigenvalue weighted by Crippen LogP contribution is 2.25. The summed E-state index contributed by atoms with van der Waals surface area (Å²) >= 11 is 1.55. The minimum absolute atomic E-state index is 0.129. The van der Waals surface area contributed by atoms with E-state index in [0.29, 0.717) is 5.75 Å². The molecule has 0 spiro atoms. The van der Waals surface area contributed by atoms with Crippen molar-refractivity contribution in [1.29, 1.82) is 0 Å². The van der Waals surface area contributed by atoms with Crippen LogP contribution in [0.15, 0.2) is 65.7 Å². The van der Waals surface area contributed by atoms with Gasteiger partial charge in [0.25, 0.3) is 0 Å². The maximum absolute atomic E-state index is 13.1. The Hall–Kier alpha value is -1.91. The van der Waals surface area contributed by atoms with Gasteiger partial charge in [-0.2, -0.15) is 0 Å². The van der Waals surface area contributed by atoms with Crippen molar-refractivity contribution in [2.24, 2.45) is 5.73 Å². The lowest BCUT2D eigenvalue weighted by molar-refractivity contribution is 0.624. The Morgan fingerprint density at radius 2 is 1.95 bits per heavy atom. The summed E-state index contributed by atoms with van der Waals surface area (Å²) in [7, 11) is 0. The van der Waals surface area contributed by atoms with Crippen molar-refractivity contribution in [3.63, 3.8) is 0 Å². The summed E-state index contributed by atoms with van der Waals surface area (Å²) in [6.07, 6.45) is 1.82. The molecule has 0 radical (unpaired) electrons. The Morgan fingerprint density at radius 1 is 1.10 bits per heavy atom. The first-order valence-corrected chi connectivity index (χ1v) is 7.69. The number of pyridine rings is 1. The van der Waals surface area contributed by atoms with Gasteiger partial charge >= 0.3 is 0 Å². The number of rotatable bonds is 4. The highest BCUT2D eigenvalue weighted by Gasteiger charge is 2.08. The van der Waals surface area contributed by atoms with Crippen LogP contribution in [-0.4, -0.2) is 10.7 Å². The van der Waals surface area contributed by atoms with Gasteiger partial charge in [-0.3, -0.25) is 4.98 Å². The molecule has 2 aromatic carbocycles. The van der Waals surface area contributed by atoms with Crippen LogP contribution in [0, 0.1) is 5.82 Å². The average Bonchev–Trinajstić information content (AvgIpc) is 2.52. The number of hydrogen-bond acceptors (Lipinski definition) is 3. The first-order valence-electron chi connectivity index (χ1n) is 6.71. The van der Waals surface area contributed by atoms with E-state index in [4.69, 9.17) is 5.73 Å². The Kier molecular flexibility index (Phi) is 4.18. The molecule has 3 aromatic rings. The van der Waals surface area contributed by atoms with E-state index in [1.54, 1.807) is 17.8 Å². The topological polar surface area (TPSA) is 38.9 Å². The molecule has 1 heterocycles. The molecular formula is C17H15FN2S. The molecule has 0 bridgehead atoms. The van der Waals surface area contributed by atoms with Gasteiger partial charge in [0.05, 0.1) is 5.52 Å². The fourth-order valence-electron chi connectivity index (χ4n) is 2.13. The number of nitrogens with two attached hydrogens (primary N) is 1. The lowest BCUT2D eigenvalue weighted by atomic mass is 10.1. The van der Waals surface area contributed by atoms with Crippen molar-refractivity contribution in [3.8, 4) is 0 Å². The summed E-state index contributed by atoms with van der Waals surface area (Å²) in [5.41, 5.74) is 8.18. The third kappa shape index (κ3) is 3.40. The average molecular weight is 298 g/mol. The summed E-state index contributed by atoms with van der Waals surface area (Å²) in [4.78, 5) is 5.31. The van der Waals surface area contributed by atoms with E-state index < -0.39 is 0 Å². The number of nitrogens with zero attached hydrogens (tertiary/aromatic N) is 1. The summed E-state index contributed by atoms with van der Waals surface area (Å²) < 4.78 is 13.1. The van der Waals surface area contributed by atoms with E-state index >= 15 is 0 Å². The smallest absolute Gasteiger partial charge is 0.124 e. The summed E-state index contributed by atoms with van der Waals surface area (Å²) in [5, 5.41) is 1.08. The van der Waals surface area contributed by atoms with Crippen LogP contribution in [0.25, 0.3) is 10.9 Å². The lowest BCUT2D eigenvalue weighted by Gasteiger charge is -2.12. The maximum Gasteiger partial charge on any atom is 0.124 e. The Balaban J connectivity index is 1.73. The monoisotopic (exact) mass is 298 g/mol. The number of thioether (sulfide) groups is 1. The van der Waals surface area contributed by atoms with Crippen LogP contribution < -0.4 is 5.73 Å². The van der Waals surface area contributed by atoms with E-state index in [1.165, 1.54) is 12.1 Å². The van der Waals surface area contributed by atoms with Gasteiger partial charge in [0, 0.05) is 28.3 Å². The van der Waals surface area contributed by atoms with Crippen molar-refractivity contribution in [1.82, 2.24) is 4.98 Å². The van der Waals surface area contributed by atoms with Crippen LogP contribution in [0.3, 0.4) is 0 Å². The number of halogens is 1. The maximum atomic E-state index is 13.1. The van der Waals surface area contributed by atoms with Crippen LogP contribution >= 0.6 is 11.8 Å². The number of aromatic nitrogens is 1. The van der Waals surface area contributed by atoms with Crippen LogP contribution in [-0.2, 0) is 0 Å². The SMILES string of the molecule is NC(CSc1cccc(F)c1)c1cnc2ccccc2c1. The van der Waals surface area contributed by atoms with Gasteiger partial charge in [0.15, 0.2) is 0 Å². The van der Waals surface area contributed by atoms with Gasteiger partial charge < -0.3 is 5.73 Å². The zero-order valence-corrected chi connectivity index (χ0v) is 12.2. The quantitative estimate of drug-likeness (QED) is 0.735. The second-order valence-electron chi connectivity index (χ2n) is 4.84. The first kappa shape index (κ1) is 14.0. The number of hydrogen-bond donors (Lipinski definition) is 1. The summed E-state index contributed by atoms with van der Waals surface area (Å²) in [6, 6.07) is 16.5. The molecule has 1 aromatic heterocycles. The fourth-order valence-corrected chi connectivity index (χ4v) is 3.07. The Morgan fingerprint density at radius 3 is 2.81 bits per heavy atom. The van der Waals surface area contributed by atoms with Crippen LogP contribution in [0.2, 0.25) is 0 Å². The van der Waals surface area contributed by atoms with E-state index in [2.05, 4.69) is 11.1 Å². The van der Waals surface area contributed by atoms with E-state index in [0.717, 1.165) is 21.4 Å². The number of benzene rings is 2. The van der Waals surface area contributed by atoms with Crippen molar-refractivity contribution >= 4 is 22.7 Å². The first-order chi connectivity index (χ1) is 10.2. The van der Waals surface area contributed by atoms with Crippen molar-refractivity contribution in [3.05, 3.63) is 72.2 Å². The number of fused-ring (bicyclic) bond motifs is 1. The summed E-state index contributed by atoms with van der Waals surface area (Å²) in [5.74, 6) is 0.463. The summed E-state index contributed by atoms with van der Waals surface area (Å²) in [6.45, 7) is 0. The van der Waals surface area contributed by atoms with Crippen molar-refractivity contribution in [2.45, 2.75) is 10.9 Å². The van der Waals surface area contributed by atoms with Crippen LogP contribution in [0.4, 0.5) is 4.39 Å². The molecule has 0 aliphatic carbocycles. The molecule has 0 aliphatic heterocycles. The van der Waals surface area contributed by atoms with Crippen molar-refractivity contribution < 1.29 is 4.39 Å². The zero-order chi connectivity index (χ0) is 14.7. The largest absolute Gasteiger partial charge is 0.323 e. The lowest BCUT2D eigenvalue weighted by Crippen LogP contribution is -2.13. The molecule has 2 N–H and O–H groups in total. The highest BCUT2D eigenvalue weighted by molar-refractivity contribution is 7.99. The molecular weight excluding hydrogens is 283 g/mol. The normalized spacial score (nSPS) is 12.5. The molecule has 0 fully saturated rings. The van der Waals surface area contributed by atoms with Crippen molar-refractivity contribution in [2.75, 3.05) is 5.75 Å². The molecule has 3 rings (SSSR count). The molecule has 0 aliphatic rings. The minimum atomic E-state index is -0.221. The molecule has 0 saturated carbocycles. The predicted octanol–water partition coefficient (Wildman–Crippen LogP) is 4.17. The molecule has 106 valence electrons. The van der Waals surface area contributed by atoms with Gasteiger partial charge in [-0.25, -0.2) is 4.39 Å². The molecule has 2 nitrogen and oxygen atoms in total. The second-order valence-corrected chi connectivity index (χ2v) is 5.93. The Bertz CT molecular complexity index is 760. The van der Waals surface area contributed by atoms with Gasteiger partial charge in [0.2, 0.25) is 0 Å². The molecule has 1 unspecified atom stereocenters. The van der Waals surface area contributed by atoms with Gasteiger partial charge in [-0.1, -0.05) is 24.3 Å². The molecule has 0 amide bonds. The van der Waals surface area contributed by atoms with Gasteiger partial charge in [0.1, 0.15) is 5.82 Å². The van der Waals surface area contributed by atoms with Crippen LogP contribution in [0.5, 0.6) is 0 Å². The fraction of sp³-hybridized carbons (Fsp3) is 0.118. The van der Waals surface area contributed by atoms with E-state index in [-0.39, 0.29) is 11.9 Å². The highest BCUT2D eigenvalue weighted by atomic mass is 32.2. The van der Waals surface area contributed by atoms with Crippen LogP contribution in [0.1, 0.15) is 11.6 Å². The standard InChI is InChI=1S/C17H15FN2S/c18-14-5-3-6-15(9-14)21-11-16(19)13-8-12-4-1-2-7-17(12)20-10-13/h1-10,16H,11,19H2. The van der Waals surface area contributed by atoms with Gasteiger partial charge in [-0.05, 0) is 35.9 Å².